The third-order valence-electron chi connectivity index (χ3n) is 4.48. The standard InChI is InChI=1S/C25H18BrNO5/c1-2-30-21-15-16(13-19(26)22(21)31-24(28)18-11-7-4-8-12-18)14-20-25(29)32-23(27-20)17-9-5-3-6-10-17/h3-15H,2H2,1H3/b20-14-. The van der Waals surface area contributed by atoms with Crippen molar-refractivity contribution in [3.8, 4) is 11.5 Å². The van der Waals surface area contributed by atoms with Gasteiger partial charge in [-0.15, -0.1) is 0 Å². The molecule has 3 aromatic carbocycles. The summed E-state index contributed by atoms with van der Waals surface area (Å²) in [4.78, 5) is 29.1. The lowest BCUT2D eigenvalue weighted by atomic mass is 10.1. The molecule has 0 unspecified atom stereocenters. The molecule has 6 nitrogen and oxygen atoms in total. The summed E-state index contributed by atoms with van der Waals surface area (Å²) < 4.78 is 17.1. The molecular formula is C25H18BrNO5. The molecule has 0 spiro atoms. The van der Waals surface area contributed by atoms with Gasteiger partial charge in [0.25, 0.3) is 0 Å². The third-order valence-corrected chi connectivity index (χ3v) is 5.07. The zero-order valence-corrected chi connectivity index (χ0v) is 18.7. The van der Waals surface area contributed by atoms with Crippen molar-refractivity contribution in [3.63, 3.8) is 0 Å². The minimum absolute atomic E-state index is 0.159. The molecule has 0 saturated carbocycles. The highest BCUT2D eigenvalue weighted by Crippen LogP contribution is 2.38. The van der Waals surface area contributed by atoms with Gasteiger partial charge >= 0.3 is 11.9 Å². The summed E-state index contributed by atoms with van der Waals surface area (Å²) in [5.74, 6) is -0.186. The smallest absolute Gasteiger partial charge is 0.363 e. The number of esters is 2. The summed E-state index contributed by atoms with van der Waals surface area (Å²) in [6.45, 7) is 2.19. The van der Waals surface area contributed by atoms with E-state index in [4.69, 9.17) is 14.2 Å². The molecule has 0 amide bonds. The molecule has 1 heterocycles. The number of ether oxygens (including phenoxy) is 3. The molecule has 0 N–H and O–H groups in total. The Bertz CT molecular complexity index is 1220. The van der Waals surface area contributed by atoms with E-state index in [1.54, 1.807) is 42.5 Å². The van der Waals surface area contributed by atoms with Crippen molar-refractivity contribution in [2.75, 3.05) is 6.61 Å². The predicted molar refractivity (Wildman–Crippen MR) is 124 cm³/mol. The van der Waals surface area contributed by atoms with Crippen molar-refractivity contribution in [2.45, 2.75) is 6.92 Å². The van der Waals surface area contributed by atoms with Crippen LogP contribution in [-0.4, -0.2) is 24.4 Å². The van der Waals surface area contributed by atoms with Crippen LogP contribution in [0.1, 0.15) is 28.4 Å². The topological polar surface area (TPSA) is 74.2 Å². The second-order valence-electron chi connectivity index (χ2n) is 6.72. The van der Waals surface area contributed by atoms with Gasteiger partial charge in [0.2, 0.25) is 5.90 Å². The van der Waals surface area contributed by atoms with E-state index in [2.05, 4.69) is 20.9 Å². The van der Waals surface area contributed by atoms with Gasteiger partial charge in [-0.05, 0) is 70.9 Å². The molecule has 3 aromatic rings. The molecule has 0 aromatic heterocycles. The average Bonchev–Trinajstić information content (AvgIpc) is 3.17. The Hall–Kier alpha value is -3.71. The van der Waals surface area contributed by atoms with Crippen LogP contribution in [0.2, 0.25) is 0 Å². The quantitative estimate of drug-likeness (QED) is 0.261. The van der Waals surface area contributed by atoms with E-state index in [1.165, 1.54) is 0 Å². The first-order valence-electron chi connectivity index (χ1n) is 9.86. The van der Waals surface area contributed by atoms with E-state index in [-0.39, 0.29) is 17.3 Å². The molecule has 160 valence electrons. The monoisotopic (exact) mass is 491 g/mol. The Labute approximate surface area is 193 Å². The maximum atomic E-state index is 12.5. The molecule has 4 rings (SSSR count). The number of benzene rings is 3. The van der Waals surface area contributed by atoms with Crippen LogP contribution in [-0.2, 0) is 9.53 Å². The number of cyclic esters (lactones) is 1. The Morgan fingerprint density at radius 2 is 1.75 bits per heavy atom. The Kier molecular flexibility index (Phi) is 6.47. The Balaban J connectivity index is 1.65. The number of hydrogen-bond acceptors (Lipinski definition) is 6. The average molecular weight is 492 g/mol. The van der Waals surface area contributed by atoms with Crippen LogP contribution in [0.15, 0.2) is 88.0 Å². The van der Waals surface area contributed by atoms with Crippen LogP contribution in [0.25, 0.3) is 6.08 Å². The highest BCUT2D eigenvalue weighted by Gasteiger charge is 2.24. The maximum Gasteiger partial charge on any atom is 0.363 e. The fourth-order valence-corrected chi connectivity index (χ4v) is 3.57. The largest absolute Gasteiger partial charge is 0.490 e. The number of halogens is 1. The first-order chi connectivity index (χ1) is 15.5. The third kappa shape index (κ3) is 4.78. The predicted octanol–water partition coefficient (Wildman–Crippen LogP) is 5.41. The Morgan fingerprint density at radius 1 is 1.06 bits per heavy atom. The van der Waals surface area contributed by atoms with E-state index in [9.17, 15) is 9.59 Å². The van der Waals surface area contributed by atoms with Crippen molar-refractivity contribution >= 4 is 39.8 Å². The molecule has 0 saturated heterocycles. The zero-order chi connectivity index (χ0) is 22.5. The van der Waals surface area contributed by atoms with Gasteiger partial charge in [-0.1, -0.05) is 36.4 Å². The van der Waals surface area contributed by atoms with Gasteiger partial charge in [0.1, 0.15) is 0 Å². The van der Waals surface area contributed by atoms with E-state index in [1.807, 2.05) is 43.3 Å². The van der Waals surface area contributed by atoms with Crippen molar-refractivity contribution in [1.29, 1.82) is 0 Å². The number of carbonyl (C=O) groups excluding carboxylic acids is 2. The second kappa shape index (κ2) is 9.62. The highest BCUT2D eigenvalue weighted by atomic mass is 79.9. The SMILES string of the molecule is CCOc1cc(/C=C2\N=C(c3ccccc3)OC2=O)cc(Br)c1OC(=O)c1ccccc1. The van der Waals surface area contributed by atoms with Crippen LogP contribution in [0.3, 0.4) is 0 Å². The van der Waals surface area contributed by atoms with E-state index in [0.717, 1.165) is 0 Å². The summed E-state index contributed by atoms with van der Waals surface area (Å²) >= 11 is 3.44. The molecular weight excluding hydrogens is 474 g/mol. The molecule has 1 aliphatic heterocycles. The fourth-order valence-electron chi connectivity index (χ4n) is 3.03. The first kappa shape index (κ1) is 21.5. The minimum atomic E-state index is -0.544. The van der Waals surface area contributed by atoms with Gasteiger partial charge in [-0.2, -0.15) is 0 Å². The first-order valence-corrected chi connectivity index (χ1v) is 10.7. The summed E-state index contributed by atoms with van der Waals surface area (Å²) in [5, 5.41) is 0. The molecule has 0 bridgehead atoms. The van der Waals surface area contributed by atoms with Crippen LogP contribution in [0.4, 0.5) is 0 Å². The van der Waals surface area contributed by atoms with Crippen LogP contribution in [0, 0.1) is 0 Å². The maximum absolute atomic E-state index is 12.5. The van der Waals surface area contributed by atoms with Crippen molar-refractivity contribution in [1.82, 2.24) is 0 Å². The molecule has 1 aliphatic rings. The van der Waals surface area contributed by atoms with Gasteiger partial charge in [0, 0.05) is 5.56 Å². The highest BCUT2D eigenvalue weighted by molar-refractivity contribution is 9.10. The lowest BCUT2D eigenvalue weighted by molar-refractivity contribution is -0.129. The number of aliphatic imine (C=N–C) groups is 1. The minimum Gasteiger partial charge on any atom is -0.490 e. The molecule has 7 heteroatoms. The van der Waals surface area contributed by atoms with Gasteiger partial charge in [0.05, 0.1) is 16.6 Å². The number of rotatable bonds is 6. The summed E-state index contributed by atoms with van der Waals surface area (Å²) in [6.07, 6.45) is 1.59. The van der Waals surface area contributed by atoms with E-state index in [0.29, 0.717) is 33.5 Å². The lowest BCUT2D eigenvalue weighted by Gasteiger charge is -2.13. The summed E-state index contributed by atoms with van der Waals surface area (Å²) in [6, 6.07) is 21.3. The number of hydrogen-bond donors (Lipinski definition) is 0. The van der Waals surface area contributed by atoms with E-state index < -0.39 is 11.9 Å². The Morgan fingerprint density at radius 3 is 2.44 bits per heavy atom. The summed E-state index contributed by atoms with van der Waals surface area (Å²) in [7, 11) is 0. The van der Waals surface area contributed by atoms with E-state index >= 15 is 0 Å². The van der Waals surface area contributed by atoms with Crippen LogP contribution >= 0.6 is 15.9 Å². The number of nitrogens with zero attached hydrogens (tertiary/aromatic N) is 1. The molecule has 32 heavy (non-hydrogen) atoms. The van der Waals surface area contributed by atoms with Crippen LogP contribution < -0.4 is 9.47 Å². The molecule has 0 aliphatic carbocycles. The number of carbonyl (C=O) groups is 2. The summed E-state index contributed by atoms with van der Waals surface area (Å²) in [5.41, 5.74) is 1.92. The molecule has 0 radical (unpaired) electrons. The normalized spacial score (nSPS) is 14.1. The van der Waals surface area contributed by atoms with Gasteiger partial charge in [0.15, 0.2) is 17.2 Å². The lowest BCUT2D eigenvalue weighted by Crippen LogP contribution is -2.10. The van der Waals surface area contributed by atoms with Crippen molar-refractivity contribution in [2.24, 2.45) is 4.99 Å². The van der Waals surface area contributed by atoms with Gasteiger partial charge < -0.3 is 14.2 Å². The fraction of sp³-hybridized carbons (Fsp3) is 0.0800. The second-order valence-corrected chi connectivity index (χ2v) is 7.57. The molecule has 0 fully saturated rings. The van der Waals surface area contributed by atoms with Crippen LogP contribution in [0.5, 0.6) is 11.5 Å². The zero-order valence-electron chi connectivity index (χ0n) is 17.1. The van der Waals surface area contributed by atoms with Gasteiger partial charge in [-0.3, -0.25) is 0 Å². The molecule has 0 atom stereocenters. The van der Waals surface area contributed by atoms with Crippen molar-refractivity contribution in [3.05, 3.63) is 99.7 Å². The van der Waals surface area contributed by atoms with Gasteiger partial charge in [-0.25, -0.2) is 14.6 Å². The van der Waals surface area contributed by atoms with Crippen molar-refractivity contribution < 1.29 is 23.8 Å².